The fourth-order valence-corrected chi connectivity index (χ4v) is 5.21. The number of nitrogens with zero attached hydrogens (tertiary/aromatic N) is 4. The van der Waals surface area contributed by atoms with Gasteiger partial charge in [-0.1, -0.05) is 17.7 Å². The number of aromatic hydroxyl groups is 1. The van der Waals surface area contributed by atoms with Crippen LogP contribution in [0.25, 0.3) is 21.5 Å². The second-order valence-electron chi connectivity index (χ2n) is 9.21. The summed E-state index contributed by atoms with van der Waals surface area (Å²) >= 11 is 0. The van der Waals surface area contributed by atoms with Crippen LogP contribution < -0.4 is 4.90 Å². The van der Waals surface area contributed by atoms with Gasteiger partial charge in [-0.05, 0) is 79.2 Å². The molecule has 8 nitrogen and oxygen atoms in total. The van der Waals surface area contributed by atoms with E-state index in [0.717, 1.165) is 22.2 Å². The van der Waals surface area contributed by atoms with Crippen molar-refractivity contribution in [2.24, 2.45) is 10.2 Å². The predicted molar refractivity (Wildman–Crippen MR) is 145 cm³/mol. The van der Waals surface area contributed by atoms with Crippen molar-refractivity contribution >= 4 is 56.7 Å². The number of anilines is 1. The molecule has 0 aliphatic heterocycles. The molecule has 2 N–H and O–H groups in total. The number of azo groups is 1. The molecule has 36 heavy (non-hydrogen) atoms. The lowest BCUT2D eigenvalue weighted by atomic mass is 9.99. The van der Waals surface area contributed by atoms with Crippen LogP contribution in [0.3, 0.4) is 0 Å². The van der Waals surface area contributed by atoms with Crippen molar-refractivity contribution in [3.8, 4) is 5.75 Å². The molecule has 0 saturated carbocycles. The third kappa shape index (κ3) is 4.93. The first-order valence-electron chi connectivity index (χ1n) is 11.2. The highest BCUT2D eigenvalue weighted by atomic mass is 32.2. The molecule has 0 heterocycles. The average molecular weight is 502 g/mol. The molecule has 0 aliphatic carbocycles. The van der Waals surface area contributed by atoms with E-state index in [1.807, 2.05) is 50.2 Å². The Hall–Kier alpha value is -3.47. The monoisotopic (exact) mass is 502 g/mol. The van der Waals surface area contributed by atoms with Crippen molar-refractivity contribution in [1.29, 1.82) is 0 Å². The molecule has 0 spiro atoms. The van der Waals surface area contributed by atoms with Crippen LogP contribution in [0.2, 0.25) is 0 Å². The fraction of sp³-hybridized carbons (Fsp3) is 0.231. The van der Waals surface area contributed by atoms with Crippen molar-refractivity contribution in [2.75, 3.05) is 26.0 Å². The van der Waals surface area contributed by atoms with E-state index in [2.05, 4.69) is 10.2 Å². The largest absolute Gasteiger partial charge is 0.505 e. The topological polar surface area (TPSA) is 106 Å². The Kier molecular flexibility index (Phi) is 6.79. The van der Waals surface area contributed by atoms with Gasteiger partial charge in [0, 0.05) is 37.1 Å². The van der Waals surface area contributed by atoms with Crippen LogP contribution in [0, 0.1) is 13.8 Å². The number of aryl methyl sites for hydroxylation is 2. The first-order chi connectivity index (χ1) is 16.9. The third-order valence-corrected chi connectivity index (χ3v) is 6.95. The summed E-state index contributed by atoms with van der Waals surface area (Å²) < 4.78 is 35.1. The molecule has 0 saturated heterocycles. The Balaban J connectivity index is 1.90. The lowest BCUT2D eigenvalue weighted by molar-refractivity contribution is 0.482. The zero-order valence-electron chi connectivity index (χ0n) is 20.8. The summed E-state index contributed by atoms with van der Waals surface area (Å²) in [5.74, 6) is -0.0580. The van der Waals surface area contributed by atoms with Gasteiger partial charge in [0.05, 0.1) is 0 Å². The molecule has 0 amide bonds. The van der Waals surface area contributed by atoms with Gasteiger partial charge in [-0.3, -0.25) is 4.55 Å². The second-order valence-corrected chi connectivity index (χ2v) is 10.6. The first-order valence-corrected chi connectivity index (χ1v) is 12.7. The summed E-state index contributed by atoms with van der Waals surface area (Å²) in [4.78, 5) is 3.11. The van der Waals surface area contributed by atoms with Gasteiger partial charge in [0.2, 0.25) is 0 Å². The molecule has 0 atom stereocenters. The van der Waals surface area contributed by atoms with Crippen molar-refractivity contribution in [3.05, 3.63) is 65.2 Å². The van der Waals surface area contributed by atoms with Gasteiger partial charge in [-0.2, -0.15) is 8.42 Å². The quantitative estimate of drug-likeness (QED) is 0.203. The number of phenolic OH excluding ortho intramolecular Hbond substituents is 1. The lowest BCUT2D eigenvalue weighted by Crippen LogP contribution is -2.13. The molecule has 2 radical (unpaired) electrons. The third-order valence-electron chi connectivity index (χ3n) is 6.01. The van der Waals surface area contributed by atoms with Crippen LogP contribution in [-0.4, -0.2) is 52.0 Å². The lowest BCUT2D eigenvalue weighted by Gasteiger charge is -2.16. The molecular formula is C26H27BN4O4S. The van der Waals surface area contributed by atoms with Crippen molar-refractivity contribution in [3.63, 3.8) is 0 Å². The zero-order chi connectivity index (χ0) is 26.4. The first kappa shape index (κ1) is 25.6. The van der Waals surface area contributed by atoms with Crippen LogP contribution in [0.4, 0.5) is 17.1 Å². The summed E-state index contributed by atoms with van der Waals surface area (Å²) in [5.41, 5.74) is 3.45. The van der Waals surface area contributed by atoms with Crippen molar-refractivity contribution in [1.82, 2.24) is 4.81 Å². The maximum Gasteiger partial charge on any atom is 0.297 e. The number of benzene rings is 4. The van der Waals surface area contributed by atoms with Crippen LogP contribution >= 0.6 is 0 Å². The molecule has 4 rings (SSSR count). The number of hydrogen-bond donors (Lipinski definition) is 2. The van der Waals surface area contributed by atoms with E-state index in [9.17, 15) is 18.1 Å². The van der Waals surface area contributed by atoms with Gasteiger partial charge in [0.15, 0.2) is 13.7 Å². The molecule has 10 heteroatoms. The second kappa shape index (κ2) is 9.53. The van der Waals surface area contributed by atoms with Gasteiger partial charge < -0.3 is 14.8 Å². The summed E-state index contributed by atoms with van der Waals surface area (Å²) in [6, 6.07) is 14.3. The van der Waals surface area contributed by atoms with E-state index in [1.165, 1.54) is 10.9 Å². The fourth-order valence-electron chi connectivity index (χ4n) is 4.39. The predicted octanol–water partition coefficient (Wildman–Crippen LogP) is 5.56. The summed E-state index contributed by atoms with van der Waals surface area (Å²) in [6.45, 7) is 4.00. The number of fused-ring (bicyclic) bond motifs is 2. The van der Waals surface area contributed by atoms with Crippen LogP contribution in [0.1, 0.15) is 16.7 Å². The van der Waals surface area contributed by atoms with E-state index in [4.69, 9.17) is 7.98 Å². The van der Waals surface area contributed by atoms with Gasteiger partial charge in [0.25, 0.3) is 10.1 Å². The number of rotatable bonds is 6. The Labute approximate surface area is 212 Å². The number of hydrogen-bond acceptors (Lipinski definition) is 7. The van der Waals surface area contributed by atoms with Gasteiger partial charge >= 0.3 is 0 Å². The number of phenols is 1. The van der Waals surface area contributed by atoms with E-state index >= 15 is 0 Å². The van der Waals surface area contributed by atoms with Crippen molar-refractivity contribution in [2.45, 2.75) is 25.3 Å². The van der Waals surface area contributed by atoms with E-state index in [0.29, 0.717) is 28.3 Å². The minimum absolute atomic E-state index is 0.0375. The molecule has 184 valence electrons. The Bertz CT molecular complexity index is 1630. The van der Waals surface area contributed by atoms with Crippen LogP contribution in [-0.2, 0) is 16.7 Å². The standard InChI is InChI=1S/C26H27BN4O4S/c1-15-10-18(14-31(5)27)20-8-9-23(26(22(20)11-15)36(33,34)35)28-29-24-16(2)12-17-13-19(30(3)4)6-7-21(17)25(24)32/h6-13,32H,14H2,1-5H3,(H,33,34,35). The van der Waals surface area contributed by atoms with E-state index in [1.54, 1.807) is 32.2 Å². The van der Waals surface area contributed by atoms with E-state index in [-0.39, 0.29) is 22.0 Å². The molecule has 4 aromatic carbocycles. The molecule has 0 aliphatic rings. The van der Waals surface area contributed by atoms with Crippen molar-refractivity contribution < 1.29 is 18.1 Å². The summed E-state index contributed by atoms with van der Waals surface area (Å²) in [5, 5.41) is 21.7. The van der Waals surface area contributed by atoms with Gasteiger partial charge in [-0.25, -0.2) is 0 Å². The molecule has 0 unspecified atom stereocenters. The maximum absolute atomic E-state index is 12.5. The zero-order valence-corrected chi connectivity index (χ0v) is 21.6. The normalized spacial score (nSPS) is 12.3. The van der Waals surface area contributed by atoms with Gasteiger partial charge in [0.1, 0.15) is 16.3 Å². The molecule has 0 bridgehead atoms. The Morgan fingerprint density at radius 3 is 2.25 bits per heavy atom. The maximum atomic E-state index is 12.5. The molecule has 0 aromatic heterocycles. The molecule has 4 aromatic rings. The highest BCUT2D eigenvalue weighted by Gasteiger charge is 2.22. The minimum atomic E-state index is -4.66. The SMILES string of the molecule is [B]N(C)Cc1cc(C)cc2c(S(=O)(=O)O)c(N=Nc3c(C)cc4cc(N(C)C)ccc4c3O)ccc12. The summed E-state index contributed by atoms with van der Waals surface area (Å²) in [6.07, 6.45) is 0. The average Bonchev–Trinajstić information content (AvgIpc) is 2.76. The van der Waals surface area contributed by atoms with E-state index < -0.39 is 10.1 Å². The van der Waals surface area contributed by atoms with Crippen LogP contribution in [0.5, 0.6) is 5.75 Å². The van der Waals surface area contributed by atoms with Gasteiger partial charge in [-0.15, -0.1) is 10.2 Å². The Morgan fingerprint density at radius 2 is 1.61 bits per heavy atom. The minimum Gasteiger partial charge on any atom is -0.505 e. The highest BCUT2D eigenvalue weighted by Crippen LogP contribution is 2.41. The van der Waals surface area contributed by atoms with Crippen LogP contribution in [0.15, 0.2) is 63.7 Å². The summed E-state index contributed by atoms with van der Waals surface area (Å²) in [7, 11) is 6.75. The smallest absolute Gasteiger partial charge is 0.297 e. The molecular weight excluding hydrogens is 475 g/mol. The molecule has 0 fully saturated rings. The Morgan fingerprint density at radius 1 is 0.917 bits per heavy atom. The highest BCUT2D eigenvalue weighted by molar-refractivity contribution is 7.86.